The second-order valence-electron chi connectivity index (χ2n) is 2.54. The Labute approximate surface area is 45.2 Å². The maximum atomic E-state index is 2.35. The third-order valence-electron chi connectivity index (χ3n) is 1.20. The quantitative estimate of drug-likeness (QED) is 0.420. The van der Waals surface area contributed by atoms with Crippen LogP contribution in [-0.2, 0) is 0 Å². The largest absolute Gasteiger partial charge is 0.107 e. The van der Waals surface area contributed by atoms with Crippen LogP contribution in [0.2, 0.25) is 0 Å². The summed E-state index contributed by atoms with van der Waals surface area (Å²) in [4.78, 5) is 0. The lowest BCUT2D eigenvalue weighted by molar-refractivity contribution is 1.76. The molecule has 0 unspecified atom stereocenters. The van der Waals surface area contributed by atoms with E-state index in [0.717, 1.165) is 0 Å². The van der Waals surface area contributed by atoms with Crippen LogP contribution in [0, 0.1) is 0 Å². The summed E-state index contributed by atoms with van der Waals surface area (Å²) >= 11 is 0. The van der Waals surface area contributed by atoms with Crippen LogP contribution in [0.4, 0.5) is 0 Å². The van der Waals surface area contributed by atoms with Crippen molar-refractivity contribution in [2.24, 2.45) is 0 Å². The predicted octanol–water partition coefficient (Wildman–Crippen LogP) is 1.64. The zero-order valence-corrected chi connectivity index (χ0v) is 5.78. The van der Waals surface area contributed by atoms with E-state index < -0.39 is 6.89 Å². The molecule has 1 heterocycles. The van der Waals surface area contributed by atoms with Crippen molar-refractivity contribution in [3.8, 4) is 0 Å². The zero-order valence-electron chi connectivity index (χ0n) is 4.89. The van der Waals surface area contributed by atoms with Crippen LogP contribution in [0.3, 0.4) is 0 Å². The summed E-state index contributed by atoms with van der Waals surface area (Å²) < 4.78 is 0. The van der Waals surface area contributed by atoms with Gasteiger partial charge in [0.15, 0.2) is 0 Å². The molecule has 0 bridgehead atoms. The van der Waals surface area contributed by atoms with Gasteiger partial charge in [0, 0.05) is 0 Å². The third-order valence-corrected chi connectivity index (χ3v) is 3.33. The van der Waals surface area contributed by atoms with Gasteiger partial charge in [0.1, 0.15) is 0 Å². The molecule has 1 aliphatic heterocycles. The van der Waals surface area contributed by atoms with E-state index in [9.17, 15) is 0 Å². The van der Waals surface area contributed by atoms with Crippen LogP contribution in [-0.4, -0.2) is 25.3 Å². The molecule has 0 nitrogen and oxygen atoms in total. The van der Waals surface area contributed by atoms with Crippen molar-refractivity contribution < 1.29 is 0 Å². The van der Waals surface area contributed by atoms with Crippen molar-refractivity contribution in [1.29, 1.82) is 0 Å². The van der Waals surface area contributed by atoms with Gasteiger partial charge in [-0.05, 0) is 19.5 Å². The smallest absolute Gasteiger partial charge is 0.0148 e. The predicted molar refractivity (Wildman–Crippen MR) is 38.8 cm³/mol. The summed E-state index contributed by atoms with van der Waals surface area (Å²) in [6.07, 6.45) is 5.77. The Morgan fingerprint density at radius 1 is 1.43 bits per heavy atom. The van der Waals surface area contributed by atoms with E-state index in [4.69, 9.17) is 0 Å². The van der Waals surface area contributed by atoms with E-state index in [2.05, 4.69) is 31.3 Å². The van der Waals surface area contributed by atoms with E-state index in [0.29, 0.717) is 0 Å². The van der Waals surface area contributed by atoms with Crippen LogP contribution >= 0.6 is 6.89 Å². The van der Waals surface area contributed by atoms with Crippen molar-refractivity contribution in [3.05, 3.63) is 12.2 Å². The van der Waals surface area contributed by atoms with Gasteiger partial charge in [0.2, 0.25) is 0 Å². The standard InChI is InChI=1S/C6H11P/c1-7(2)5-3-4-6-7/h3-5H,6H2,1-2H3. The first-order valence-corrected chi connectivity index (χ1v) is 5.48. The number of hydrogen-bond acceptors (Lipinski definition) is 0. The first-order valence-electron chi connectivity index (χ1n) is 2.54. The molecule has 0 saturated heterocycles. The summed E-state index contributed by atoms with van der Waals surface area (Å²) in [7, 11) is 0. The van der Waals surface area contributed by atoms with E-state index in [-0.39, 0.29) is 0 Å². The van der Waals surface area contributed by atoms with Crippen LogP contribution < -0.4 is 0 Å². The molecule has 0 aliphatic carbocycles. The Balaban J connectivity index is 2.80. The molecule has 0 spiro atoms. The van der Waals surface area contributed by atoms with E-state index in [1.807, 2.05) is 0 Å². The monoisotopic (exact) mass is 114 g/mol. The average molecular weight is 114 g/mol. The normalized spacial score (nSPS) is 24.9. The zero-order chi connectivity index (χ0) is 5.33. The van der Waals surface area contributed by atoms with Gasteiger partial charge < -0.3 is 0 Å². The molecule has 40 valence electrons. The van der Waals surface area contributed by atoms with Gasteiger partial charge >= 0.3 is 0 Å². The van der Waals surface area contributed by atoms with Gasteiger partial charge in [-0.3, -0.25) is 0 Å². The highest BCUT2D eigenvalue weighted by Crippen LogP contribution is 2.39. The van der Waals surface area contributed by atoms with Crippen molar-refractivity contribution in [2.75, 3.05) is 19.5 Å². The van der Waals surface area contributed by atoms with Gasteiger partial charge in [0.05, 0.1) is 0 Å². The molecule has 0 saturated carbocycles. The Hall–Kier alpha value is 0.0400. The highest BCUT2D eigenvalue weighted by molar-refractivity contribution is 7.74. The highest BCUT2D eigenvalue weighted by Gasteiger charge is 2.01. The fraction of sp³-hybridized carbons (Fsp3) is 0.500. The first-order chi connectivity index (χ1) is 3.21. The Kier molecular flexibility index (Phi) is 1.13. The third kappa shape index (κ3) is 1.21. The molecule has 0 amide bonds. The molecular formula is C6H11P. The summed E-state index contributed by atoms with van der Waals surface area (Å²) in [6.45, 7) is 4.18. The molecule has 7 heavy (non-hydrogen) atoms. The second kappa shape index (κ2) is 1.52. The van der Waals surface area contributed by atoms with Crippen molar-refractivity contribution >= 4 is 12.7 Å². The van der Waals surface area contributed by atoms with E-state index in [1.165, 1.54) is 6.16 Å². The minimum absolute atomic E-state index is 0.529. The molecule has 0 aromatic heterocycles. The van der Waals surface area contributed by atoms with Gasteiger partial charge in [-0.2, -0.15) is 0 Å². The summed E-state index contributed by atoms with van der Waals surface area (Å²) in [5, 5.41) is 0. The molecule has 0 N–H and O–H groups in total. The Bertz CT molecular complexity index is 136. The highest BCUT2D eigenvalue weighted by atomic mass is 31.2. The van der Waals surface area contributed by atoms with Crippen LogP contribution in [0.15, 0.2) is 12.2 Å². The van der Waals surface area contributed by atoms with Crippen molar-refractivity contribution in [1.82, 2.24) is 0 Å². The summed E-state index contributed by atoms with van der Waals surface area (Å²) in [5.41, 5.74) is 0. The SMILES string of the molecule is CP1(C)=CC=CC1. The lowest BCUT2D eigenvalue weighted by atomic mass is 10.6. The van der Waals surface area contributed by atoms with Crippen LogP contribution in [0.5, 0.6) is 0 Å². The fourth-order valence-corrected chi connectivity index (χ4v) is 2.06. The fourth-order valence-electron chi connectivity index (χ4n) is 0.687. The summed E-state index contributed by atoms with van der Waals surface area (Å²) in [5.74, 6) is 2.35. The molecule has 0 radical (unpaired) electrons. The van der Waals surface area contributed by atoms with Crippen molar-refractivity contribution in [3.63, 3.8) is 0 Å². The second-order valence-corrected chi connectivity index (χ2v) is 6.76. The maximum absolute atomic E-state index is 2.35. The van der Waals surface area contributed by atoms with Crippen LogP contribution in [0.1, 0.15) is 0 Å². The average Bonchev–Trinajstić information content (AvgIpc) is 1.84. The minimum Gasteiger partial charge on any atom is -0.107 e. The van der Waals surface area contributed by atoms with E-state index >= 15 is 0 Å². The number of hydrogen-bond donors (Lipinski definition) is 0. The molecule has 0 fully saturated rings. The van der Waals surface area contributed by atoms with Gasteiger partial charge in [-0.15, -0.1) is 6.89 Å². The lowest BCUT2D eigenvalue weighted by Crippen LogP contribution is -1.75. The molecule has 1 heteroatoms. The molecule has 1 aliphatic rings. The molecular weight excluding hydrogens is 103 g/mol. The topological polar surface area (TPSA) is 0 Å². The van der Waals surface area contributed by atoms with Crippen molar-refractivity contribution in [2.45, 2.75) is 0 Å². The molecule has 0 atom stereocenters. The van der Waals surface area contributed by atoms with Gasteiger partial charge in [0.25, 0.3) is 0 Å². The molecule has 0 aromatic rings. The number of rotatable bonds is 0. The minimum atomic E-state index is -0.529. The Morgan fingerprint density at radius 2 is 2.14 bits per heavy atom. The lowest BCUT2D eigenvalue weighted by Gasteiger charge is -2.04. The first kappa shape index (κ1) is 5.18. The number of allylic oxidation sites excluding steroid dienone is 2. The molecule has 1 rings (SSSR count). The van der Waals surface area contributed by atoms with E-state index in [1.54, 1.807) is 0 Å². The molecule has 0 aromatic carbocycles. The van der Waals surface area contributed by atoms with Gasteiger partial charge in [-0.1, -0.05) is 17.9 Å². The Morgan fingerprint density at radius 3 is 2.29 bits per heavy atom. The van der Waals surface area contributed by atoms with Crippen LogP contribution in [0.25, 0.3) is 0 Å². The maximum Gasteiger partial charge on any atom is -0.0148 e. The van der Waals surface area contributed by atoms with Gasteiger partial charge in [-0.25, -0.2) is 0 Å². The summed E-state index contributed by atoms with van der Waals surface area (Å²) in [6, 6.07) is 0.